The smallest absolute Gasteiger partial charge is 0.124 e. The number of benzene rings is 6. The Hall–Kier alpha value is -5.61. The van der Waals surface area contributed by atoms with Crippen LogP contribution in [0.5, 0.6) is 0 Å². The fourth-order valence-electron chi connectivity index (χ4n) is 6.12. The number of fused-ring (bicyclic) bond motifs is 5. The molecule has 0 atom stereocenters. The molecule has 0 unspecified atom stereocenters. The fourth-order valence-corrected chi connectivity index (χ4v) is 8.04. The van der Waals surface area contributed by atoms with Crippen molar-refractivity contribution >= 4 is 64.9 Å². The van der Waals surface area contributed by atoms with Crippen LogP contribution in [0, 0.1) is 11.3 Å². The van der Waals surface area contributed by atoms with Crippen LogP contribution in [0.2, 0.25) is 0 Å². The summed E-state index contributed by atoms with van der Waals surface area (Å²) >= 11 is 3.45. The Labute approximate surface area is 266 Å². The lowest BCUT2D eigenvalue weighted by Gasteiger charge is -2.11. The van der Waals surface area contributed by atoms with Gasteiger partial charge in [-0.2, -0.15) is 5.26 Å². The highest BCUT2D eigenvalue weighted by atomic mass is 32.1. The van der Waals surface area contributed by atoms with Crippen molar-refractivity contribution in [3.05, 3.63) is 139 Å². The van der Waals surface area contributed by atoms with Crippen LogP contribution in [-0.4, -0.2) is 14.5 Å². The first kappa shape index (κ1) is 25.8. The van der Waals surface area contributed by atoms with Gasteiger partial charge in [-0.1, -0.05) is 48.5 Å². The van der Waals surface area contributed by atoms with Gasteiger partial charge in [-0.05, 0) is 96.1 Å². The number of nitrogens with zero attached hydrogens (tertiary/aromatic N) is 4. The van der Waals surface area contributed by atoms with Crippen molar-refractivity contribution < 1.29 is 0 Å². The zero-order valence-electron chi connectivity index (χ0n) is 23.8. The van der Waals surface area contributed by atoms with Gasteiger partial charge in [0.05, 0.1) is 43.1 Å². The van der Waals surface area contributed by atoms with Crippen molar-refractivity contribution in [3.63, 3.8) is 0 Å². The second-order valence-electron chi connectivity index (χ2n) is 11.0. The van der Waals surface area contributed by atoms with Gasteiger partial charge < -0.3 is 4.57 Å². The van der Waals surface area contributed by atoms with E-state index in [1.54, 1.807) is 22.7 Å². The highest BCUT2D eigenvalue weighted by Gasteiger charge is 2.17. The first-order valence-corrected chi connectivity index (χ1v) is 16.3. The van der Waals surface area contributed by atoms with Gasteiger partial charge in [-0.3, -0.25) is 0 Å². The van der Waals surface area contributed by atoms with Crippen LogP contribution in [0.1, 0.15) is 5.56 Å². The van der Waals surface area contributed by atoms with Crippen molar-refractivity contribution in [2.75, 3.05) is 0 Å². The normalized spacial score (nSPS) is 11.5. The molecule has 0 amide bonds. The van der Waals surface area contributed by atoms with E-state index in [1.165, 1.54) is 20.2 Å². The van der Waals surface area contributed by atoms with Gasteiger partial charge in [0.1, 0.15) is 10.0 Å². The molecule has 6 aromatic carbocycles. The molecule has 0 radical (unpaired) electrons. The SMILES string of the molecule is N#Cc1ccc(-c2cccc(-n3c4ccc(-c5nc6ccccc6s5)cc4c4cc(-c5nc6ccccc6s5)ccc43)c2)cc1. The minimum absolute atomic E-state index is 0.658. The predicted octanol–water partition coefficient (Wildman–Crippen LogP) is 10.9. The molecule has 3 aromatic heterocycles. The third-order valence-corrected chi connectivity index (χ3v) is 10.5. The quantitative estimate of drug-likeness (QED) is 0.199. The maximum absolute atomic E-state index is 9.27. The van der Waals surface area contributed by atoms with Gasteiger partial charge in [-0.25, -0.2) is 9.97 Å². The number of thiazole rings is 2. The lowest BCUT2D eigenvalue weighted by atomic mass is 10.0. The lowest BCUT2D eigenvalue weighted by Crippen LogP contribution is -1.94. The molecule has 9 rings (SSSR count). The zero-order valence-corrected chi connectivity index (χ0v) is 25.4. The zero-order chi connectivity index (χ0) is 29.9. The molecule has 0 saturated heterocycles. The first-order chi connectivity index (χ1) is 22.2. The summed E-state index contributed by atoms with van der Waals surface area (Å²) in [6, 6.07) is 48.6. The maximum Gasteiger partial charge on any atom is 0.124 e. The molecule has 0 fully saturated rings. The van der Waals surface area contributed by atoms with Gasteiger partial charge in [0.25, 0.3) is 0 Å². The largest absolute Gasteiger partial charge is 0.309 e. The average Bonchev–Trinajstić information content (AvgIpc) is 3.82. The third kappa shape index (κ3) is 4.33. The van der Waals surface area contributed by atoms with Gasteiger partial charge in [0, 0.05) is 27.6 Å². The Morgan fingerprint density at radius 2 is 1.07 bits per heavy atom. The minimum atomic E-state index is 0.658. The van der Waals surface area contributed by atoms with Crippen molar-refractivity contribution in [1.29, 1.82) is 5.26 Å². The number of nitriles is 1. The van der Waals surface area contributed by atoms with Gasteiger partial charge in [0.15, 0.2) is 0 Å². The number of hydrogen-bond acceptors (Lipinski definition) is 5. The standard InChI is InChI=1S/C39H22N4S2/c40-23-24-12-14-25(15-13-24)26-6-5-7-29(20-26)43-34-18-16-27(38-41-32-8-1-3-10-36(32)44-38)21-30(34)31-22-28(17-19-35(31)43)39-42-33-9-2-4-11-37(33)45-39/h1-22H. The van der Waals surface area contributed by atoms with E-state index in [0.717, 1.165) is 60.0 Å². The molecule has 9 aromatic rings. The Kier molecular flexibility index (Phi) is 5.88. The summed E-state index contributed by atoms with van der Waals surface area (Å²) in [5.41, 5.74) is 10.5. The van der Waals surface area contributed by atoms with Gasteiger partial charge >= 0.3 is 0 Å². The molecular formula is C39H22N4S2. The number of aromatic nitrogens is 3. The van der Waals surface area contributed by atoms with Crippen LogP contribution < -0.4 is 0 Å². The van der Waals surface area contributed by atoms with Crippen LogP contribution in [0.4, 0.5) is 0 Å². The molecule has 4 nitrogen and oxygen atoms in total. The summed E-state index contributed by atoms with van der Waals surface area (Å²) in [7, 11) is 0. The average molecular weight is 611 g/mol. The van der Waals surface area contributed by atoms with E-state index in [0.29, 0.717) is 5.56 Å². The molecule has 6 heteroatoms. The van der Waals surface area contributed by atoms with E-state index in [1.807, 2.05) is 36.4 Å². The Bertz CT molecular complexity index is 2420. The third-order valence-electron chi connectivity index (χ3n) is 8.30. The summed E-state index contributed by atoms with van der Waals surface area (Å²) in [4.78, 5) is 9.93. The van der Waals surface area contributed by atoms with E-state index >= 15 is 0 Å². The molecule has 45 heavy (non-hydrogen) atoms. The molecule has 0 N–H and O–H groups in total. The van der Waals surface area contributed by atoms with Crippen LogP contribution in [0.15, 0.2) is 133 Å². The van der Waals surface area contributed by atoms with Crippen molar-refractivity contribution in [2.45, 2.75) is 0 Å². The minimum Gasteiger partial charge on any atom is -0.309 e. The second-order valence-corrected chi connectivity index (χ2v) is 13.1. The molecule has 3 heterocycles. The Morgan fingerprint density at radius 3 is 1.62 bits per heavy atom. The molecule has 0 aliphatic heterocycles. The van der Waals surface area contributed by atoms with Gasteiger partial charge in [0.2, 0.25) is 0 Å². The summed E-state index contributed by atoms with van der Waals surface area (Å²) in [5.74, 6) is 0. The number of rotatable bonds is 4. The summed E-state index contributed by atoms with van der Waals surface area (Å²) in [6.45, 7) is 0. The lowest BCUT2D eigenvalue weighted by molar-refractivity contribution is 1.18. The van der Waals surface area contributed by atoms with E-state index in [2.05, 4.69) is 108 Å². The van der Waals surface area contributed by atoms with Crippen LogP contribution in [0.25, 0.3) is 80.2 Å². The van der Waals surface area contributed by atoms with E-state index in [-0.39, 0.29) is 0 Å². The first-order valence-electron chi connectivity index (χ1n) is 14.6. The molecule has 0 aliphatic rings. The Balaban J connectivity index is 1.26. The Morgan fingerprint density at radius 1 is 0.511 bits per heavy atom. The highest BCUT2D eigenvalue weighted by Crippen LogP contribution is 2.40. The monoisotopic (exact) mass is 610 g/mol. The van der Waals surface area contributed by atoms with E-state index in [9.17, 15) is 5.26 Å². The summed E-state index contributed by atoms with van der Waals surface area (Å²) in [6.07, 6.45) is 0. The van der Waals surface area contributed by atoms with Gasteiger partial charge in [-0.15, -0.1) is 22.7 Å². The fraction of sp³-hybridized carbons (Fsp3) is 0. The highest BCUT2D eigenvalue weighted by molar-refractivity contribution is 7.22. The molecule has 0 bridgehead atoms. The van der Waals surface area contributed by atoms with Crippen molar-refractivity contribution in [1.82, 2.24) is 14.5 Å². The maximum atomic E-state index is 9.27. The van der Waals surface area contributed by atoms with Crippen molar-refractivity contribution in [2.24, 2.45) is 0 Å². The van der Waals surface area contributed by atoms with Crippen molar-refractivity contribution in [3.8, 4) is 44.0 Å². The number of hydrogen-bond donors (Lipinski definition) is 0. The predicted molar refractivity (Wildman–Crippen MR) is 188 cm³/mol. The van der Waals surface area contributed by atoms with Crippen LogP contribution in [-0.2, 0) is 0 Å². The summed E-state index contributed by atoms with van der Waals surface area (Å²) < 4.78 is 4.72. The molecule has 0 saturated carbocycles. The van der Waals surface area contributed by atoms with E-state index in [4.69, 9.17) is 9.97 Å². The molecular weight excluding hydrogens is 589 g/mol. The molecule has 0 aliphatic carbocycles. The molecule has 0 spiro atoms. The van der Waals surface area contributed by atoms with E-state index < -0.39 is 0 Å². The van der Waals surface area contributed by atoms with Crippen LogP contribution >= 0.6 is 22.7 Å². The summed E-state index contributed by atoms with van der Waals surface area (Å²) in [5, 5.41) is 13.7. The van der Waals surface area contributed by atoms with Crippen LogP contribution in [0.3, 0.4) is 0 Å². The molecule has 210 valence electrons. The topological polar surface area (TPSA) is 54.5 Å². The second kappa shape index (κ2) is 10.2. The number of para-hydroxylation sites is 2.